The van der Waals surface area contributed by atoms with Gasteiger partial charge in [0.2, 0.25) is 5.91 Å². The van der Waals surface area contributed by atoms with Crippen LogP contribution in [0.25, 0.3) is 0 Å². The van der Waals surface area contributed by atoms with Crippen LogP contribution in [0.4, 0.5) is 10.5 Å². The van der Waals surface area contributed by atoms with Gasteiger partial charge >= 0.3 is 6.03 Å². The van der Waals surface area contributed by atoms with Crippen molar-refractivity contribution in [1.29, 1.82) is 0 Å². The predicted molar refractivity (Wildman–Crippen MR) is 99.3 cm³/mol. The highest BCUT2D eigenvalue weighted by atomic mass is 16.2. The zero-order chi connectivity index (χ0) is 17.6. The molecule has 3 amide bonds. The Labute approximate surface area is 150 Å². The van der Waals surface area contributed by atoms with Crippen molar-refractivity contribution < 1.29 is 9.59 Å². The van der Waals surface area contributed by atoms with E-state index in [1.807, 2.05) is 35.2 Å². The minimum Gasteiger partial charge on any atom is -0.335 e. The number of hydrogen-bond acceptors (Lipinski definition) is 2. The minimum absolute atomic E-state index is 0.0149. The summed E-state index contributed by atoms with van der Waals surface area (Å²) >= 11 is 0. The molecule has 25 heavy (non-hydrogen) atoms. The van der Waals surface area contributed by atoms with Gasteiger partial charge in [0, 0.05) is 30.7 Å². The lowest BCUT2D eigenvalue weighted by Gasteiger charge is -2.34. The number of carbonyl (C=O) groups excluding carboxylic acids is 2. The van der Waals surface area contributed by atoms with Crippen molar-refractivity contribution in [2.24, 2.45) is 11.8 Å². The Balaban J connectivity index is 1.43. The van der Waals surface area contributed by atoms with Gasteiger partial charge in [-0.25, -0.2) is 4.79 Å². The summed E-state index contributed by atoms with van der Waals surface area (Å²) in [6.07, 6.45) is 6.11. The lowest BCUT2D eigenvalue weighted by atomic mass is 9.87. The number of rotatable bonds is 3. The van der Waals surface area contributed by atoms with Crippen LogP contribution in [-0.4, -0.2) is 36.0 Å². The lowest BCUT2D eigenvalue weighted by Crippen LogP contribution is -2.49. The molecular formula is C20H29N3O2. The number of hydrogen-bond donors (Lipinski definition) is 2. The van der Waals surface area contributed by atoms with E-state index in [-0.39, 0.29) is 17.9 Å². The fourth-order valence-corrected chi connectivity index (χ4v) is 3.94. The zero-order valence-electron chi connectivity index (χ0n) is 15.0. The lowest BCUT2D eigenvalue weighted by molar-refractivity contribution is -0.121. The van der Waals surface area contributed by atoms with Gasteiger partial charge in [-0.15, -0.1) is 0 Å². The van der Waals surface area contributed by atoms with Crippen LogP contribution in [0.5, 0.6) is 0 Å². The molecule has 1 saturated heterocycles. The molecule has 0 bridgehead atoms. The van der Waals surface area contributed by atoms with Gasteiger partial charge in [0.25, 0.3) is 0 Å². The maximum atomic E-state index is 12.5. The largest absolute Gasteiger partial charge is 0.335 e. The van der Waals surface area contributed by atoms with Crippen LogP contribution in [0.2, 0.25) is 0 Å². The van der Waals surface area contributed by atoms with E-state index in [4.69, 9.17) is 0 Å². The van der Waals surface area contributed by atoms with Gasteiger partial charge in [0.05, 0.1) is 0 Å². The summed E-state index contributed by atoms with van der Waals surface area (Å²) in [5.74, 6) is 0.748. The molecule has 2 unspecified atom stereocenters. The highest BCUT2D eigenvalue weighted by Gasteiger charge is 2.29. The van der Waals surface area contributed by atoms with Gasteiger partial charge in [-0.1, -0.05) is 38.0 Å². The average Bonchev–Trinajstić information content (AvgIpc) is 2.62. The number of nitrogens with zero attached hydrogens (tertiary/aromatic N) is 1. The molecule has 2 atom stereocenters. The molecule has 0 radical (unpaired) electrons. The van der Waals surface area contributed by atoms with Crippen LogP contribution in [0.1, 0.15) is 45.4 Å². The Morgan fingerprint density at radius 3 is 2.44 bits per heavy atom. The minimum atomic E-state index is -0.0149. The Kier molecular flexibility index (Phi) is 5.95. The first-order valence-electron chi connectivity index (χ1n) is 9.53. The molecule has 1 heterocycles. The van der Waals surface area contributed by atoms with E-state index >= 15 is 0 Å². The molecule has 1 aliphatic heterocycles. The van der Waals surface area contributed by atoms with Crippen molar-refractivity contribution in [1.82, 2.24) is 10.2 Å². The Morgan fingerprint density at radius 1 is 1.04 bits per heavy atom. The average molecular weight is 343 g/mol. The molecule has 5 nitrogen and oxygen atoms in total. The van der Waals surface area contributed by atoms with Gasteiger partial charge in [-0.2, -0.15) is 0 Å². The number of amides is 3. The molecule has 136 valence electrons. The van der Waals surface area contributed by atoms with Crippen molar-refractivity contribution in [3.63, 3.8) is 0 Å². The third-order valence-corrected chi connectivity index (χ3v) is 5.46. The van der Waals surface area contributed by atoms with Crippen molar-refractivity contribution in [3.8, 4) is 0 Å². The second-order valence-corrected chi connectivity index (χ2v) is 7.53. The van der Waals surface area contributed by atoms with E-state index in [0.717, 1.165) is 31.4 Å². The maximum Gasteiger partial charge on any atom is 0.317 e. The number of carbonyl (C=O) groups is 2. The van der Waals surface area contributed by atoms with Crippen LogP contribution < -0.4 is 10.6 Å². The quantitative estimate of drug-likeness (QED) is 0.880. The van der Waals surface area contributed by atoms with Crippen LogP contribution >= 0.6 is 0 Å². The van der Waals surface area contributed by atoms with Crippen molar-refractivity contribution >= 4 is 17.6 Å². The number of anilines is 1. The molecule has 1 aromatic rings. The molecule has 3 rings (SSSR count). The number of urea groups is 1. The summed E-state index contributed by atoms with van der Waals surface area (Å²) < 4.78 is 0. The normalized spacial score (nSPS) is 24.6. The molecule has 2 fully saturated rings. The van der Waals surface area contributed by atoms with Crippen LogP contribution in [-0.2, 0) is 4.79 Å². The monoisotopic (exact) mass is 343 g/mol. The Bertz CT molecular complexity index is 582. The maximum absolute atomic E-state index is 12.5. The molecule has 0 aromatic heterocycles. The van der Waals surface area contributed by atoms with Crippen LogP contribution in [0, 0.1) is 11.8 Å². The molecule has 1 saturated carbocycles. The molecule has 5 heteroatoms. The van der Waals surface area contributed by atoms with Crippen molar-refractivity contribution in [3.05, 3.63) is 30.3 Å². The number of benzene rings is 1. The Hall–Kier alpha value is -2.04. The number of piperidine rings is 1. The van der Waals surface area contributed by atoms with Gasteiger partial charge in [-0.3, -0.25) is 4.79 Å². The molecule has 2 aliphatic rings. The van der Waals surface area contributed by atoms with E-state index in [1.54, 1.807) is 0 Å². The SMILES string of the molecule is CC1CCCC(NC(=O)N2CCC(C(=O)Nc3ccccc3)CC2)C1. The number of para-hydroxylation sites is 1. The van der Waals surface area contributed by atoms with Crippen LogP contribution in [0.3, 0.4) is 0 Å². The van der Waals surface area contributed by atoms with Crippen LogP contribution in [0.15, 0.2) is 30.3 Å². The highest BCUT2D eigenvalue weighted by molar-refractivity contribution is 5.92. The molecule has 1 aliphatic carbocycles. The van der Waals surface area contributed by atoms with E-state index in [2.05, 4.69) is 17.6 Å². The summed E-state index contributed by atoms with van der Waals surface area (Å²) in [5.41, 5.74) is 0.832. The number of likely N-dealkylation sites (tertiary alicyclic amines) is 1. The van der Waals surface area contributed by atoms with Crippen molar-refractivity contribution in [2.45, 2.75) is 51.5 Å². The first-order valence-corrected chi connectivity index (χ1v) is 9.53. The van der Waals surface area contributed by atoms with E-state index in [0.29, 0.717) is 25.0 Å². The number of nitrogens with one attached hydrogen (secondary N) is 2. The topological polar surface area (TPSA) is 61.4 Å². The van der Waals surface area contributed by atoms with E-state index < -0.39 is 0 Å². The smallest absolute Gasteiger partial charge is 0.317 e. The first kappa shape index (κ1) is 17.8. The third kappa shape index (κ3) is 4.97. The molecule has 2 N–H and O–H groups in total. The van der Waals surface area contributed by atoms with Crippen molar-refractivity contribution in [2.75, 3.05) is 18.4 Å². The summed E-state index contributed by atoms with van der Waals surface area (Å²) in [7, 11) is 0. The summed E-state index contributed by atoms with van der Waals surface area (Å²) in [5, 5.41) is 6.16. The standard InChI is InChI=1S/C20H29N3O2/c1-15-6-5-9-18(14-15)22-20(25)23-12-10-16(11-13-23)19(24)21-17-7-3-2-4-8-17/h2-4,7-8,15-16,18H,5-6,9-14H2,1H3,(H,21,24)(H,22,25). The highest BCUT2D eigenvalue weighted by Crippen LogP contribution is 2.24. The molecule has 1 aromatic carbocycles. The summed E-state index contributed by atoms with van der Waals surface area (Å²) in [4.78, 5) is 26.7. The zero-order valence-corrected chi connectivity index (χ0v) is 15.0. The molecule has 0 spiro atoms. The third-order valence-electron chi connectivity index (χ3n) is 5.46. The first-order chi connectivity index (χ1) is 12.1. The van der Waals surface area contributed by atoms with Gasteiger partial charge in [-0.05, 0) is 43.7 Å². The summed E-state index contributed by atoms with van der Waals surface area (Å²) in [6.45, 7) is 3.57. The second-order valence-electron chi connectivity index (χ2n) is 7.53. The van der Waals surface area contributed by atoms with Gasteiger partial charge in [0.1, 0.15) is 0 Å². The van der Waals surface area contributed by atoms with E-state index in [1.165, 1.54) is 12.8 Å². The predicted octanol–water partition coefficient (Wildman–Crippen LogP) is 3.63. The Morgan fingerprint density at radius 2 is 1.76 bits per heavy atom. The second kappa shape index (κ2) is 8.37. The molecular weight excluding hydrogens is 314 g/mol. The van der Waals surface area contributed by atoms with E-state index in [9.17, 15) is 9.59 Å². The van der Waals surface area contributed by atoms with Gasteiger partial charge < -0.3 is 15.5 Å². The summed E-state index contributed by atoms with van der Waals surface area (Å²) in [6, 6.07) is 9.90. The fraction of sp³-hybridized carbons (Fsp3) is 0.600. The van der Waals surface area contributed by atoms with Gasteiger partial charge in [0.15, 0.2) is 0 Å². The fourth-order valence-electron chi connectivity index (χ4n) is 3.94.